The summed E-state index contributed by atoms with van der Waals surface area (Å²) in [5.41, 5.74) is -2.16. The van der Waals surface area contributed by atoms with Gasteiger partial charge in [-0.2, -0.15) is 26.3 Å². The van der Waals surface area contributed by atoms with Crippen molar-refractivity contribution in [3.8, 4) is 0 Å². The Kier molecular flexibility index (Phi) is 7.61. The van der Waals surface area contributed by atoms with Gasteiger partial charge in [0.1, 0.15) is 5.82 Å². The molecule has 1 saturated carbocycles. The van der Waals surface area contributed by atoms with Crippen molar-refractivity contribution in [1.29, 1.82) is 0 Å². The molecule has 12 heteroatoms. The molecule has 212 valence electrons. The van der Waals surface area contributed by atoms with Crippen molar-refractivity contribution < 1.29 is 45.4 Å². The van der Waals surface area contributed by atoms with Gasteiger partial charge < -0.3 is 14.9 Å². The molecule has 3 atom stereocenters. The van der Waals surface area contributed by atoms with Crippen molar-refractivity contribution in [3.63, 3.8) is 0 Å². The largest absolute Gasteiger partial charge is 0.465 e. The third kappa shape index (κ3) is 6.14. The number of benzene rings is 2. The number of rotatable bonds is 5. The van der Waals surface area contributed by atoms with Crippen molar-refractivity contribution in [2.45, 2.75) is 63.5 Å². The van der Waals surface area contributed by atoms with Crippen LogP contribution < -0.4 is 0 Å². The minimum absolute atomic E-state index is 0.0250. The molecule has 39 heavy (non-hydrogen) atoms. The number of carboxylic acid groups (broad SMARTS) is 1. The zero-order valence-electron chi connectivity index (χ0n) is 21.1. The SMILES string of the molecule is Cc1cc(F)ccc1[C@@H]1CN(C(=O)O)CC[C@H]1C(=O)N(C1CC1)C(C)c1cc(C(F)(F)F)cc(C(F)(F)F)c1. The molecular formula is C27H27F7N2O3. The highest BCUT2D eigenvalue weighted by Crippen LogP contribution is 2.43. The van der Waals surface area contributed by atoms with Crippen LogP contribution in [0.15, 0.2) is 36.4 Å². The predicted octanol–water partition coefficient (Wildman–Crippen LogP) is 7.01. The summed E-state index contributed by atoms with van der Waals surface area (Å²) in [5.74, 6) is -2.47. The van der Waals surface area contributed by atoms with Gasteiger partial charge in [-0.1, -0.05) is 6.07 Å². The molecule has 5 nitrogen and oxygen atoms in total. The van der Waals surface area contributed by atoms with Crippen molar-refractivity contribution in [2.24, 2.45) is 5.92 Å². The lowest BCUT2D eigenvalue weighted by molar-refractivity contribution is -0.143. The van der Waals surface area contributed by atoms with Gasteiger partial charge in [-0.3, -0.25) is 4.79 Å². The summed E-state index contributed by atoms with van der Waals surface area (Å²) in [6.07, 6.45) is -10.1. The number of carbonyl (C=O) groups excluding carboxylic acids is 1. The Bertz CT molecular complexity index is 1220. The van der Waals surface area contributed by atoms with Gasteiger partial charge in [0.05, 0.1) is 17.2 Å². The second-order valence-corrected chi connectivity index (χ2v) is 10.2. The number of likely N-dealkylation sites (tertiary alicyclic amines) is 1. The van der Waals surface area contributed by atoms with Gasteiger partial charge in [-0.15, -0.1) is 0 Å². The standard InChI is InChI=1S/C27H27F7N2O3/c1-14-9-19(28)3-6-21(14)23-13-35(25(38)39)8-7-22(23)24(37)36(20-4-5-20)15(2)16-10-17(26(29,30)31)12-18(11-16)27(32,33)34/h3,6,9-12,15,20,22-23H,4-5,7-8,13H2,1-2H3,(H,38,39)/t15?,22-,23+/m1/s1. The van der Waals surface area contributed by atoms with E-state index in [2.05, 4.69) is 0 Å². The van der Waals surface area contributed by atoms with Crippen LogP contribution in [0.3, 0.4) is 0 Å². The number of alkyl halides is 6. The maximum atomic E-state index is 14.0. The highest BCUT2D eigenvalue weighted by atomic mass is 19.4. The predicted molar refractivity (Wildman–Crippen MR) is 126 cm³/mol. The van der Waals surface area contributed by atoms with Crippen LogP contribution in [0.25, 0.3) is 0 Å². The van der Waals surface area contributed by atoms with Crippen LogP contribution in [0.4, 0.5) is 35.5 Å². The Morgan fingerprint density at radius 3 is 2.05 bits per heavy atom. The molecule has 2 aliphatic rings. The number of nitrogens with zero attached hydrogens (tertiary/aromatic N) is 2. The van der Waals surface area contributed by atoms with Crippen LogP contribution in [0.1, 0.15) is 66.0 Å². The maximum Gasteiger partial charge on any atom is 0.416 e. The first-order chi connectivity index (χ1) is 18.1. The molecule has 0 aromatic heterocycles. The van der Waals surface area contributed by atoms with Gasteiger partial charge in [0.15, 0.2) is 0 Å². The Morgan fingerprint density at radius 2 is 1.56 bits per heavy atom. The molecular weight excluding hydrogens is 533 g/mol. The molecule has 2 aromatic carbocycles. The number of hydrogen-bond donors (Lipinski definition) is 1. The first kappa shape index (κ1) is 28.7. The number of carbonyl (C=O) groups is 2. The first-order valence-corrected chi connectivity index (χ1v) is 12.4. The third-order valence-electron chi connectivity index (χ3n) is 7.54. The van der Waals surface area contributed by atoms with Gasteiger partial charge in [-0.05, 0) is 80.1 Å². The fourth-order valence-electron chi connectivity index (χ4n) is 5.40. The molecule has 1 saturated heterocycles. The number of amides is 2. The zero-order valence-corrected chi connectivity index (χ0v) is 21.1. The van der Waals surface area contributed by atoms with Gasteiger partial charge in [-0.25, -0.2) is 9.18 Å². The van der Waals surface area contributed by atoms with E-state index in [-0.39, 0.29) is 37.2 Å². The average molecular weight is 561 g/mol. The normalized spacial score (nSPS) is 21.0. The molecule has 1 unspecified atom stereocenters. The van der Waals surface area contributed by atoms with E-state index in [1.807, 2.05) is 0 Å². The van der Waals surface area contributed by atoms with Crippen LogP contribution in [0.5, 0.6) is 0 Å². The smallest absolute Gasteiger partial charge is 0.416 e. The van der Waals surface area contributed by atoms with Gasteiger partial charge in [0.25, 0.3) is 0 Å². The monoisotopic (exact) mass is 560 g/mol. The van der Waals surface area contributed by atoms with E-state index >= 15 is 0 Å². The molecule has 2 aromatic rings. The van der Waals surface area contributed by atoms with Gasteiger partial charge >= 0.3 is 18.4 Å². The first-order valence-electron chi connectivity index (χ1n) is 12.4. The van der Waals surface area contributed by atoms with Crippen LogP contribution >= 0.6 is 0 Å². The zero-order chi connectivity index (χ0) is 28.9. The Labute approximate surface area is 220 Å². The minimum Gasteiger partial charge on any atom is -0.465 e. The summed E-state index contributed by atoms with van der Waals surface area (Å²) in [4.78, 5) is 28.2. The van der Waals surface area contributed by atoms with E-state index in [1.165, 1.54) is 30.0 Å². The van der Waals surface area contributed by atoms with Crippen molar-refractivity contribution in [3.05, 3.63) is 70.0 Å². The fraction of sp³-hybridized carbons (Fsp3) is 0.481. The van der Waals surface area contributed by atoms with Gasteiger partial charge in [0.2, 0.25) is 5.91 Å². The summed E-state index contributed by atoms with van der Waals surface area (Å²) in [5, 5.41) is 9.56. The van der Waals surface area contributed by atoms with Crippen LogP contribution in [-0.4, -0.2) is 46.0 Å². The summed E-state index contributed by atoms with van der Waals surface area (Å²) >= 11 is 0. The van der Waals surface area contributed by atoms with E-state index in [0.717, 1.165) is 4.90 Å². The van der Waals surface area contributed by atoms with E-state index in [9.17, 15) is 45.4 Å². The van der Waals surface area contributed by atoms with Crippen molar-refractivity contribution in [1.82, 2.24) is 9.80 Å². The lowest BCUT2D eigenvalue weighted by Gasteiger charge is -2.41. The van der Waals surface area contributed by atoms with Crippen LogP contribution in [0.2, 0.25) is 0 Å². The average Bonchev–Trinajstić information content (AvgIpc) is 3.67. The van der Waals surface area contributed by atoms with Crippen molar-refractivity contribution >= 4 is 12.0 Å². The number of hydrogen-bond acceptors (Lipinski definition) is 2. The minimum atomic E-state index is -5.03. The molecule has 0 bridgehead atoms. The second-order valence-electron chi connectivity index (χ2n) is 10.2. The van der Waals surface area contributed by atoms with Crippen molar-refractivity contribution in [2.75, 3.05) is 13.1 Å². The quantitative estimate of drug-likeness (QED) is 0.401. The molecule has 1 aliphatic heterocycles. The number of aryl methyl sites for hydroxylation is 1. The highest BCUT2D eigenvalue weighted by molar-refractivity contribution is 5.82. The van der Waals surface area contributed by atoms with Crippen LogP contribution in [0, 0.1) is 18.7 Å². The Morgan fingerprint density at radius 1 is 0.974 bits per heavy atom. The van der Waals surface area contributed by atoms with E-state index < -0.39 is 59.2 Å². The molecule has 1 aliphatic carbocycles. The summed E-state index contributed by atoms with van der Waals surface area (Å²) in [6, 6.07) is 3.78. The molecule has 1 N–H and O–H groups in total. The summed E-state index contributed by atoms with van der Waals surface area (Å²) < 4.78 is 94.8. The fourth-order valence-corrected chi connectivity index (χ4v) is 5.40. The molecule has 1 heterocycles. The molecule has 2 amide bonds. The number of piperidine rings is 1. The molecule has 4 rings (SSSR count). The highest BCUT2D eigenvalue weighted by Gasteiger charge is 2.45. The lowest BCUT2D eigenvalue weighted by Crippen LogP contribution is -2.49. The third-order valence-corrected chi connectivity index (χ3v) is 7.54. The molecule has 0 spiro atoms. The van der Waals surface area contributed by atoms with E-state index in [0.29, 0.717) is 36.1 Å². The summed E-state index contributed by atoms with van der Waals surface area (Å²) in [6.45, 7) is 2.99. The van der Waals surface area contributed by atoms with Crippen LogP contribution in [-0.2, 0) is 17.1 Å². The lowest BCUT2D eigenvalue weighted by atomic mass is 9.78. The second kappa shape index (κ2) is 10.3. The number of halogens is 7. The van der Waals surface area contributed by atoms with Gasteiger partial charge in [0, 0.05) is 31.0 Å². The summed E-state index contributed by atoms with van der Waals surface area (Å²) in [7, 11) is 0. The maximum absolute atomic E-state index is 14.0. The molecule has 0 radical (unpaired) electrons. The Hall–Kier alpha value is -3.31. The topological polar surface area (TPSA) is 60.9 Å². The van der Waals surface area contributed by atoms with E-state index in [1.54, 1.807) is 6.92 Å². The van der Waals surface area contributed by atoms with E-state index in [4.69, 9.17) is 0 Å². The molecule has 2 fully saturated rings. The Balaban J connectivity index is 1.74.